The van der Waals surface area contributed by atoms with E-state index in [0.29, 0.717) is 25.0 Å². The van der Waals surface area contributed by atoms with Crippen LogP contribution in [0.3, 0.4) is 0 Å². The second-order valence-electron chi connectivity index (χ2n) is 5.12. The first-order chi connectivity index (χ1) is 7.92. The number of aliphatic hydroxyl groups excluding tert-OH is 2. The molecule has 0 spiro atoms. The van der Waals surface area contributed by atoms with Gasteiger partial charge >= 0.3 is 0 Å². The zero-order valence-corrected chi connectivity index (χ0v) is 10.6. The van der Waals surface area contributed by atoms with Crippen molar-refractivity contribution in [1.82, 2.24) is 0 Å². The van der Waals surface area contributed by atoms with Crippen molar-refractivity contribution in [2.45, 2.75) is 37.9 Å². The van der Waals surface area contributed by atoms with Crippen molar-refractivity contribution in [3.05, 3.63) is 0 Å². The van der Waals surface area contributed by atoms with Gasteiger partial charge in [0.05, 0.1) is 37.6 Å². The summed E-state index contributed by atoms with van der Waals surface area (Å²) in [5, 5.41) is 35.6. The Balaban J connectivity index is 0.000000185. The van der Waals surface area contributed by atoms with Gasteiger partial charge in [0.25, 0.3) is 0 Å². The second kappa shape index (κ2) is 5.63. The molecule has 0 saturated heterocycles. The minimum Gasteiger partial charge on any atom is -0.394 e. The van der Waals surface area contributed by atoms with Crippen LogP contribution in [0, 0.1) is 11.8 Å². The van der Waals surface area contributed by atoms with Crippen LogP contribution in [0.2, 0.25) is 0 Å². The minimum absolute atomic E-state index is 0.0278. The van der Waals surface area contributed by atoms with Gasteiger partial charge < -0.3 is 25.2 Å². The highest BCUT2D eigenvalue weighted by Gasteiger charge is 2.72. The highest BCUT2D eigenvalue weighted by Crippen LogP contribution is 2.63. The molecule has 2 saturated carbocycles. The summed E-state index contributed by atoms with van der Waals surface area (Å²) >= 11 is 0. The average molecular weight is 248 g/mol. The molecule has 2 aliphatic carbocycles. The third kappa shape index (κ3) is 3.17. The largest absolute Gasteiger partial charge is 0.394 e. The Labute approximate surface area is 102 Å². The molecule has 4 atom stereocenters. The summed E-state index contributed by atoms with van der Waals surface area (Å²) in [6.07, 6.45) is 1.57. The van der Waals surface area contributed by atoms with Gasteiger partial charge in [-0.2, -0.15) is 0 Å². The molecule has 4 unspecified atom stereocenters. The molecular weight excluding hydrogens is 224 g/mol. The van der Waals surface area contributed by atoms with Crippen LogP contribution in [0.4, 0.5) is 0 Å². The summed E-state index contributed by atoms with van der Waals surface area (Å²) in [4.78, 5) is 0. The quantitative estimate of drug-likeness (QED) is 0.493. The Morgan fingerprint density at radius 1 is 0.941 bits per heavy atom. The van der Waals surface area contributed by atoms with Crippen LogP contribution in [-0.4, -0.2) is 58.1 Å². The fourth-order valence-corrected chi connectivity index (χ4v) is 2.25. The van der Waals surface area contributed by atoms with E-state index in [1.165, 1.54) is 0 Å². The molecule has 4 N–H and O–H groups in total. The molecule has 0 heterocycles. The lowest BCUT2D eigenvalue weighted by Crippen LogP contribution is -2.33. The van der Waals surface area contributed by atoms with E-state index in [-0.39, 0.29) is 13.2 Å². The molecule has 0 aromatic carbocycles. The van der Waals surface area contributed by atoms with E-state index in [1.54, 1.807) is 0 Å². The van der Waals surface area contributed by atoms with Gasteiger partial charge in [-0.15, -0.1) is 0 Å². The van der Waals surface area contributed by atoms with E-state index in [4.69, 9.17) is 10.2 Å². The molecule has 0 aromatic heterocycles. The van der Waals surface area contributed by atoms with Gasteiger partial charge in [0.15, 0.2) is 0 Å². The molecule has 0 bridgehead atoms. The molecule has 2 aliphatic rings. The number of aliphatic hydroxyl groups is 4. The standard InChI is InChI=1S/C8H14O2.C4H10O3/c1-5-3-7(5,9)8(10)4-6(8)2;5-1-3-7-4-2-6/h5-6,9-10H,3-4H2,1-2H3;5-6H,1-4H2. The molecule has 0 amide bonds. The van der Waals surface area contributed by atoms with Crippen molar-refractivity contribution in [2.75, 3.05) is 26.4 Å². The normalized spacial score (nSPS) is 42.7. The predicted octanol–water partition coefficient (Wildman–Crippen LogP) is -0.484. The number of ether oxygens (including phenoxy) is 1. The fraction of sp³-hybridized carbons (Fsp3) is 1.00. The van der Waals surface area contributed by atoms with Gasteiger partial charge in [0.1, 0.15) is 0 Å². The molecule has 0 radical (unpaired) electrons. The molecule has 102 valence electrons. The fourth-order valence-electron chi connectivity index (χ4n) is 2.25. The van der Waals surface area contributed by atoms with Crippen LogP contribution in [0.5, 0.6) is 0 Å². The van der Waals surface area contributed by atoms with Crippen LogP contribution < -0.4 is 0 Å². The summed E-state index contributed by atoms with van der Waals surface area (Å²) in [6.45, 7) is 4.67. The Bertz CT molecular complexity index is 223. The Morgan fingerprint density at radius 3 is 1.41 bits per heavy atom. The third-order valence-electron chi connectivity index (χ3n) is 3.77. The SMILES string of the molecule is CC1CC1(O)C1(O)CC1C.OCCOCCO. The monoisotopic (exact) mass is 248 g/mol. The molecule has 17 heavy (non-hydrogen) atoms. The first kappa shape index (κ1) is 14.9. The number of hydrogen-bond donors (Lipinski definition) is 4. The lowest BCUT2D eigenvalue weighted by molar-refractivity contribution is -0.0386. The second-order valence-corrected chi connectivity index (χ2v) is 5.12. The highest BCUT2D eigenvalue weighted by atomic mass is 16.5. The zero-order valence-electron chi connectivity index (χ0n) is 10.6. The van der Waals surface area contributed by atoms with Crippen LogP contribution >= 0.6 is 0 Å². The molecular formula is C12H24O5. The summed E-state index contributed by atoms with van der Waals surface area (Å²) < 4.78 is 4.63. The lowest BCUT2D eigenvalue weighted by Gasteiger charge is -2.16. The Hall–Kier alpha value is -0.200. The first-order valence-corrected chi connectivity index (χ1v) is 6.16. The van der Waals surface area contributed by atoms with Crippen molar-refractivity contribution in [3.8, 4) is 0 Å². The van der Waals surface area contributed by atoms with Crippen molar-refractivity contribution in [2.24, 2.45) is 11.8 Å². The number of hydrogen-bond acceptors (Lipinski definition) is 5. The summed E-state index contributed by atoms with van der Waals surface area (Å²) in [5.41, 5.74) is -1.43. The molecule has 2 rings (SSSR count). The van der Waals surface area contributed by atoms with E-state index < -0.39 is 11.2 Å². The maximum atomic E-state index is 9.72. The van der Waals surface area contributed by atoms with Crippen molar-refractivity contribution < 1.29 is 25.2 Å². The predicted molar refractivity (Wildman–Crippen MR) is 62.5 cm³/mol. The maximum absolute atomic E-state index is 9.72. The van der Waals surface area contributed by atoms with E-state index in [0.717, 1.165) is 12.8 Å². The van der Waals surface area contributed by atoms with Gasteiger partial charge in [0, 0.05) is 0 Å². The summed E-state index contributed by atoms with van der Waals surface area (Å²) in [6, 6.07) is 0. The lowest BCUT2D eigenvalue weighted by atomic mass is 10.1. The topological polar surface area (TPSA) is 90.2 Å². The van der Waals surface area contributed by atoms with E-state index in [2.05, 4.69) is 4.74 Å². The summed E-state index contributed by atoms with van der Waals surface area (Å²) in [5.74, 6) is 0.616. The molecule has 0 aromatic rings. The van der Waals surface area contributed by atoms with Gasteiger partial charge in [0.2, 0.25) is 0 Å². The zero-order chi connectivity index (χ0) is 13.1. The van der Waals surface area contributed by atoms with Crippen molar-refractivity contribution in [1.29, 1.82) is 0 Å². The van der Waals surface area contributed by atoms with Crippen LogP contribution in [0.15, 0.2) is 0 Å². The average Bonchev–Trinajstić information content (AvgIpc) is 3.10. The first-order valence-electron chi connectivity index (χ1n) is 6.16. The molecule has 2 fully saturated rings. The maximum Gasteiger partial charge on any atom is 0.0966 e. The Morgan fingerprint density at radius 2 is 1.24 bits per heavy atom. The van der Waals surface area contributed by atoms with E-state index in [9.17, 15) is 10.2 Å². The molecule has 5 heteroatoms. The van der Waals surface area contributed by atoms with E-state index in [1.807, 2.05) is 13.8 Å². The highest BCUT2D eigenvalue weighted by molar-refractivity contribution is 5.23. The third-order valence-corrected chi connectivity index (χ3v) is 3.77. The van der Waals surface area contributed by atoms with Gasteiger partial charge in [-0.1, -0.05) is 13.8 Å². The van der Waals surface area contributed by atoms with Gasteiger partial charge in [-0.25, -0.2) is 0 Å². The molecule has 0 aliphatic heterocycles. The van der Waals surface area contributed by atoms with Gasteiger partial charge in [-0.3, -0.25) is 0 Å². The van der Waals surface area contributed by atoms with Gasteiger partial charge in [-0.05, 0) is 24.7 Å². The van der Waals surface area contributed by atoms with Crippen LogP contribution in [0.1, 0.15) is 26.7 Å². The summed E-state index contributed by atoms with van der Waals surface area (Å²) in [7, 11) is 0. The smallest absolute Gasteiger partial charge is 0.0966 e. The minimum atomic E-state index is -0.716. The van der Waals surface area contributed by atoms with E-state index >= 15 is 0 Å². The van der Waals surface area contributed by atoms with Crippen LogP contribution in [-0.2, 0) is 4.74 Å². The Kier molecular flexibility index (Phi) is 4.92. The molecule has 5 nitrogen and oxygen atoms in total. The van der Waals surface area contributed by atoms with Crippen LogP contribution in [0.25, 0.3) is 0 Å². The van der Waals surface area contributed by atoms with Crippen molar-refractivity contribution >= 4 is 0 Å². The van der Waals surface area contributed by atoms with Crippen molar-refractivity contribution in [3.63, 3.8) is 0 Å². The number of rotatable bonds is 5.